The summed E-state index contributed by atoms with van der Waals surface area (Å²) in [6.45, 7) is 3.67. The van der Waals surface area contributed by atoms with Gasteiger partial charge in [-0.25, -0.2) is 8.42 Å². The van der Waals surface area contributed by atoms with Crippen LogP contribution in [0.4, 0.5) is 0 Å². The topological polar surface area (TPSA) is 43.4 Å². The van der Waals surface area contributed by atoms with Crippen LogP contribution in [0.5, 0.6) is 0 Å². The second-order valence-electron chi connectivity index (χ2n) is 3.39. The van der Waals surface area contributed by atoms with Crippen molar-refractivity contribution in [1.29, 1.82) is 0 Å². The monoisotopic (exact) mass is 288 g/mol. The first-order valence-electron chi connectivity index (χ1n) is 4.08. The van der Waals surface area contributed by atoms with E-state index in [-0.39, 0.29) is 6.10 Å². The molecule has 2 heterocycles. The Morgan fingerprint density at radius 3 is 2.33 bits per heavy atom. The molecule has 2 bridgehead atoms. The van der Waals surface area contributed by atoms with Crippen LogP contribution in [0.15, 0.2) is 24.3 Å². The van der Waals surface area contributed by atoms with Crippen LogP contribution < -0.4 is 0 Å². The molecule has 1 fully saturated rings. The number of hydrogen-bond donors (Lipinski definition) is 0. The van der Waals surface area contributed by atoms with E-state index in [1.807, 2.05) is 0 Å². The molecule has 1 unspecified atom stereocenters. The van der Waals surface area contributed by atoms with Crippen LogP contribution in [0.1, 0.15) is 0 Å². The summed E-state index contributed by atoms with van der Waals surface area (Å²) in [5, 5.41) is -0.958. The minimum Gasteiger partial charge on any atom is -0.361 e. The SMILES string of the molecule is C=C1C(S(=O)(=O)C(Cl)(Cl)Cl)[C@@H]2C=C[C@H]1O2. The van der Waals surface area contributed by atoms with Gasteiger partial charge in [0.05, 0.1) is 12.2 Å². The van der Waals surface area contributed by atoms with Crippen LogP contribution in [0.2, 0.25) is 0 Å². The van der Waals surface area contributed by atoms with E-state index >= 15 is 0 Å². The summed E-state index contributed by atoms with van der Waals surface area (Å²) in [7, 11) is -3.94. The molecule has 84 valence electrons. The minimum absolute atomic E-state index is 0.373. The first-order valence-corrected chi connectivity index (χ1v) is 6.76. The number of fused-ring (bicyclic) bond motifs is 2. The van der Waals surface area contributed by atoms with Gasteiger partial charge in [0.25, 0.3) is 3.12 Å². The summed E-state index contributed by atoms with van der Waals surface area (Å²) in [5.74, 6) is 0. The van der Waals surface area contributed by atoms with E-state index in [1.54, 1.807) is 12.2 Å². The first-order chi connectivity index (χ1) is 6.75. The highest BCUT2D eigenvalue weighted by Gasteiger charge is 2.54. The molecule has 1 saturated heterocycles. The maximum Gasteiger partial charge on any atom is 0.293 e. The number of ether oxygens (including phenoxy) is 1. The standard InChI is InChI=1S/C8H7Cl3O3S/c1-4-5-2-3-6(14-5)7(4)15(12,13)8(9,10)11/h2-3,5-7H,1H2/t5-,6+,7?/m1/s1. The van der Waals surface area contributed by atoms with Crippen molar-refractivity contribution < 1.29 is 13.2 Å². The molecule has 0 radical (unpaired) electrons. The Balaban J connectivity index is 2.42. The van der Waals surface area contributed by atoms with Crippen molar-refractivity contribution in [3.63, 3.8) is 0 Å². The summed E-state index contributed by atoms with van der Waals surface area (Å²) < 4.78 is 26.7. The van der Waals surface area contributed by atoms with Crippen LogP contribution in [0, 0.1) is 0 Å². The zero-order valence-corrected chi connectivity index (χ0v) is 10.4. The molecule has 7 heteroatoms. The van der Waals surface area contributed by atoms with Gasteiger partial charge >= 0.3 is 0 Å². The fourth-order valence-corrected chi connectivity index (χ4v) is 3.94. The summed E-state index contributed by atoms with van der Waals surface area (Å²) in [6.07, 6.45) is 2.44. The maximum atomic E-state index is 11.9. The molecule has 2 aliphatic rings. The van der Waals surface area contributed by atoms with Crippen molar-refractivity contribution in [2.45, 2.75) is 20.6 Å². The van der Waals surface area contributed by atoms with E-state index in [2.05, 4.69) is 6.58 Å². The Kier molecular flexibility index (Phi) is 2.64. The van der Waals surface area contributed by atoms with Gasteiger partial charge in [0.15, 0.2) is 0 Å². The number of halogens is 3. The normalized spacial score (nSPS) is 35.1. The predicted molar refractivity (Wildman–Crippen MR) is 59.9 cm³/mol. The van der Waals surface area contributed by atoms with Crippen molar-refractivity contribution in [2.24, 2.45) is 0 Å². The first kappa shape index (κ1) is 11.7. The quantitative estimate of drug-likeness (QED) is 0.548. The lowest BCUT2D eigenvalue weighted by Gasteiger charge is -2.22. The molecule has 0 N–H and O–H groups in total. The van der Waals surface area contributed by atoms with Crippen LogP contribution in [0.3, 0.4) is 0 Å². The van der Waals surface area contributed by atoms with E-state index in [1.165, 1.54) is 0 Å². The van der Waals surface area contributed by atoms with Crippen molar-refractivity contribution in [3.8, 4) is 0 Å². The lowest BCUT2D eigenvalue weighted by Crippen LogP contribution is -2.38. The van der Waals surface area contributed by atoms with Crippen LogP contribution >= 0.6 is 34.8 Å². The molecule has 15 heavy (non-hydrogen) atoms. The molecule has 0 saturated carbocycles. The van der Waals surface area contributed by atoms with E-state index in [0.29, 0.717) is 5.57 Å². The third-order valence-corrected chi connectivity index (χ3v) is 6.29. The molecule has 0 aromatic carbocycles. The Hall–Kier alpha value is 0.260. The fourth-order valence-electron chi connectivity index (χ4n) is 1.75. The minimum atomic E-state index is -3.94. The molecular formula is C8H7Cl3O3S. The molecule has 0 aliphatic carbocycles. The number of alkyl halides is 3. The predicted octanol–water partition coefficient (Wildman–Crippen LogP) is 1.99. The van der Waals surface area contributed by atoms with Gasteiger partial charge in [-0.15, -0.1) is 0 Å². The molecule has 3 atom stereocenters. The van der Waals surface area contributed by atoms with Gasteiger partial charge in [-0.2, -0.15) is 0 Å². The molecule has 3 nitrogen and oxygen atoms in total. The van der Waals surface area contributed by atoms with Crippen LogP contribution in [-0.4, -0.2) is 29.0 Å². The average Bonchev–Trinajstić information content (AvgIpc) is 2.60. The third-order valence-electron chi connectivity index (χ3n) is 2.47. The Morgan fingerprint density at radius 1 is 1.33 bits per heavy atom. The fraction of sp³-hybridized carbons (Fsp3) is 0.500. The second kappa shape index (κ2) is 3.37. The third kappa shape index (κ3) is 1.63. The largest absolute Gasteiger partial charge is 0.361 e. The number of hydrogen-bond acceptors (Lipinski definition) is 3. The van der Waals surface area contributed by atoms with Crippen LogP contribution in [0.25, 0.3) is 0 Å². The molecule has 2 rings (SSSR count). The number of rotatable bonds is 1. The summed E-state index contributed by atoms with van der Waals surface area (Å²) in [4.78, 5) is 0. The van der Waals surface area contributed by atoms with Crippen molar-refractivity contribution in [2.75, 3.05) is 0 Å². The summed E-state index contributed by atoms with van der Waals surface area (Å²) in [6, 6.07) is 0. The van der Waals surface area contributed by atoms with Gasteiger partial charge < -0.3 is 4.74 Å². The van der Waals surface area contributed by atoms with Crippen molar-refractivity contribution >= 4 is 44.6 Å². The highest BCUT2D eigenvalue weighted by molar-refractivity contribution is 7.98. The van der Waals surface area contributed by atoms with E-state index in [9.17, 15) is 8.42 Å². The summed E-state index contributed by atoms with van der Waals surface area (Å²) >= 11 is 16.3. The van der Waals surface area contributed by atoms with E-state index in [4.69, 9.17) is 39.5 Å². The van der Waals surface area contributed by atoms with E-state index in [0.717, 1.165) is 0 Å². The smallest absolute Gasteiger partial charge is 0.293 e. The van der Waals surface area contributed by atoms with E-state index < -0.39 is 24.3 Å². The zero-order valence-electron chi connectivity index (χ0n) is 7.36. The second-order valence-corrected chi connectivity index (χ2v) is 8.56. The van der Waals surface area contributed by atoms with Gasteiger partial charge in [0.2, 0.25) is 9.84 Å². The molecule has 0 amide bonds. The van der Waals surface area contributed by atoms with Crippen molar-refractivity contribution in [3.05, 3.63) is 24.3 Å². The van der Waals surface area contributed by atoms with Gasteiger partial charge in [-0.3, -0.25) is 0 Å². The van der Waals surface area contributed by atoms with Gasteiger partial charge in [-0.05, 0) is 5.57 Å². The lowest BCUT2D eigenvalue weighted by molar-refractivity contribution is 0.128. The molecule has 2 aliphatic heterocycles. The Labute approximate surface area is 103 Å². The number of sulfone groups is 1. The summed E-state index contributed by atoms with van der Waals surface area (Å²) in [5.41, 5.74) is 0.425. The molecule has 0 aromatic rings. The molecular weight excluding hydrogens is 283 g/mol. The average molecular weight is 290 g/mol. The Bertz CT molecular complexity index is 435. The van der Waals surface area contributed by atoms with Gasteiger partial charge in [0.1, 0.15) is 5.25 Å². The molecule has 0 aromatic heterocycles. The van der Waals surface area contributed by atoms with Crippen molar-refractivity contribution in [1.82, 2.24) is 0 Å². The Morgan fingerprint density at radius 2 is 1.93 bits per heavy atom. The van der Waals surface area contributed by atoms with Gasteiger partial charge in [-0.1, -0.05) is 53.5 Å². The van der Waals surface area contributed by atoms with Gasteiger partial charge in [0, 0.05) is 0 Å². The lowest BCUT2D eigenvalue weighted by atomic mass is 10.0. The molecule has 0 spiro atoms. The highest BCUT2D eigenvalue weighted by atomic mass is 35.6. The van der Waals surface area contributed by atoms with Crippen LogP contribution in [-0.2, 0) is 14.6 Å². The highest BCUT2D eigenvalue weighted by Crippen LogP contribution is 2.45. The maximum absolute atomic E-state index is 11.9. The zero-order chi connectivity index (χ0) is 11.4.